The molecule has 0 aromatic heterocycles. The van der Waals surface area contributed by atoms with Crippen LogP contribution in [0.15, 0.2) is 18.2 Å². The summed E-state index contributed by atoms with van der Waals surface area (Å²) in [5, 5.41) is 5.48. The molecule has 0 bridgehead atoms. The Balaban J connectivity index is 2.98. The van der Waals surface area contributed by atoms with Gasteiger partial charge in [0.25, 0.3) is 5.91 Å². The highest BCUT2D eigenvalue weighted by Gasteiger charge is 2.26. The molecule has 6 heteroatoms. The Kier molecular flexibility index (Phi) is 4.91. The number of anilines is 1. The zero-order chi connectivity index (χ0) is 14.6. The normalized spacial score (nSPS) is 13.5. The summed E-state index contributed by atoms with van der Waals surface area (Å²) in [6.45, 7) is 3.48. The molecular formula is C13H18ClN3O2. The van der Waals surface area contributed by atoms with E-state index in [1.165, 1.54) is 13.1 Å². The van der Waals surface area contributed by atoms with Crippen molar-refractivity contribution < 1.29 is 9.59 Å². The lowest BCUT2D eigenvalue weighted by molar-refractivity contribution is -0.120. The molecule has 1 aromatic rings. The number of rotatable bonds is 4. The van der Waals surface area contributed by atoms with Crippen molar-refractivity contribution in [3.8, 4) is 0 Å². The quantitative estimate of drug-likeness (QED) is 0.787. The zero-order valence-electron chi connectivity index (χ0n) is 11.2. The number of carbonyl (C=O) groups excluding carboxylic acids is 2. The lowest BCUT2D eigenvalue weighted by Gasteiger charge is -2.21. The van der Waals surface area contributed by atoms with Gasteiger partial charge in [-0.1, -0.05) is 18.5 Å². The fraction of sp³-hybridized carbons (Fsp3) is 0.385. The summed E-state index contributed by atoms with van der Waals surface area (Å²) in [5.74, 6) is -0.618. The van der Waals surface area contributed by atoms with Crippen LogP contribution < -0.4 is 16.4 Å². The summed E-state index contributed by atoms with van der Waals surface area (Å²) in [4.78, 5) is 23.5. The molecule has 4 N–H and O–H groups in total. The first-order valence-electron chi connectivity index (χ1n) is 5.93. The first kappa shape index (κ1) is 15.5. The Hall–Kier alpha value is -1.59. The van der Waals surface area contributed by atoms with Crippen LogP contribution in [0.3, 0.4) is 0 Å². The molecule has 1 rings (SSSR count). The second kappa shape index (κ2) is 6.04. The molecule has 1 aromatic carbocycles. The predicted molar refractivity (Wildman–Crippen MR) is 76.4 cm³/mol. The fourth-order valence-electron chi connectivity index (χ4n) is 1.35. The minimum atomic E-state index is -0.952. The van der Waals surface area contributed by atoms with E-state index in [0.29, 0.717) is 22.7 Å². The molecule has 104 valence electrons. The van der Waals surface area contributed by atoms with Gasteiger partial charge in [-0.3, -0.25) is 9.59 Å². The number of nitrogens with one attached hydrogen (secondary N) is 2. The second-order valence-electron chi connectivity index (χ2n) is 4.50. The van der Waals surface area contributed by atoms with Gasteiger partial charge < -0.3 is 16.4 Å². The molecular weight excluding hydrogens is 266 g/mol. The summed E-state index contributed by atoms with van der Waals surface area (Å²) < 4.78 is 0. The van der Waals surface area contributed by atoms with Crippen LogP contribution >= 0.6 is 11.6 Å². The van der Waals surface area contributed by atoms with Crippen molar-refractivity contribution in [2.45, 2.75) is 25.8 Å². The largest absolute Gasteiger partial charge is 0.355 e. The van der Waals surface area contributed by atoms with Gasteiger partial charge in [0.05, 0.1) is 16.1 Å². The molecule has 0 heterocycles. The first-order valence-corrected chi connectivity index (χ1v) is 6.31. The van der Waals surface area contributed by atoms with Gasteiger partial charge in [0, 0.05) is 12.7 Å². The van der Waals surface area contributed by atoms with Crippen LogP contribution in [0.25, 0.3) is 0 Å². The van der Waals surface area contributed by atoms with Gasteiger partial charge in [0.1, 0.15) is 0 Å². The molecule has 0 fully saturated rings. The molecule has 0 aliphatic carbocycles. The number of hydrogen-bond donors (Lipinski definition) is 3. The number of hydrogen-bond acceptors (Lipinski definition) is 3. The monoisotopic (exact) mass is 283 g/mol. The van der Waals surface area contributed by atoms with E-state index >= 15 is 0 Å². The van der Waals surface area contributed by atoms with Crippen LogP contribution in [0.1, 0.15) is 30.6 Å². The highest BCUT2D eigenvalue weighted by atomic mass is 35.5. The third-order valence-electron chi connectivity index (χ3n) is 2.95. The number of benzene rings is 1. The Labute approximate surface area is 117 Å². The van der Waals surface area contributed by atoms with Crippen LogP contribution in [0.4, 0.5) is 5.69 Å². The van der Waals surface area contributed by atoms with E-state index in [2.05, 4.69) is 10.6 Å². The van der Waals surface area contributed by atoms with Crippen molar-refractivity contribution in [2.75, 3.05) is 12.4 Å². The minimum Gasteiger partial charge on any atom is -0.355 e. The molecule has 19 heavy (non-hydrogen) atoms. The Bertz CT molecular complexity index is 501. The van der Waals surface area contributed by atoms with Crippen LogP contribution in [0.2, 0.25) is 5.02 Å². The SMILES string of the molecule is CCC(C)(N)C(=O)Nc1ccc(Cl)c(C(=O)NC)c1. The van der Waals surface area contributed by atoms with E-state index in [9.17, 15) is 9.59 Å². The molecule has 1 unspecified atom stereocenters. The summed E-state index contributed by atoms with van der Waals surface area (Å²) in [5.41, 5.74) is 5.68. The fourth-order valence-corrected chi connectivity index (χ4v) is 1.55. The lowest BCUT2D eigenvalue weighted by Crippen LogP contribution is -2.47. The van der Waals surface area contributed by atoms with Crippen molar-refractivity contribution >= 4 is 29.1 Å². The average molecular weight is 284 g/mol. The van der Waals surface area contributed by atoms with Crippen molar-refractivity contribution in [1.29, 1.82) is 0 Å². The van der Waals surface area contributed by atoms with E-state index in [-0.39, 0.29) is 11.8 Å². The molecule has 0 radical (unpaired) electrons. The highest BCUT2D eigenvalue weighted by Crippen LogP contribution is 2.21. The van der Waals surface area contributed by atoms with Crippen LogP contribution in [0.5, 0.6) is 0 Å². The Morgan fingerprint density at radius 2 is 2.05 bits per heavy atom. The minimum absolute atomic E-state index is 0.303. The van der Waals surface area contributed by atoms with Gasteiger partial charge in [0.2, 0.25) is 5.91 Å². The molecule has 0 spiro atoms. The second-order valence-corrected chi connectivity index (χ2v) is 4.91. The molecule has 0 aliphatic heterocycles. The average Bonchev–Trinajstić information content (AvgIpc) is 2.39. The van der Waals surface area contributed by atoms with Crippen molar-refractivity contribution in [1.82, 2.24) is 5.32 Å². The van der Waals surface area contributed by atoms with E-state index in [1.807, 2.05) is 6.92 Å². The lowest BCUT2D eigenvalue weighted by atomic mass is 9.99. The van der Waals surface area contributed by atoms with Gasteiger partial charge in [-0.2, -0.15) is 0 Å². The maximum atomic E-state index is 11.9. The zero-order valence-corrected chi connectivity index (χ0v) is 12.0. The van der Waals surface area contributed by atoms with Crippen LogP contribution in [-0.4, -0.2) is 24.4 Å². The highest BCUT2D eigenvalue weighted by molar-refractivity contribution is 6.34. The predicted octanol–water partition coefficient (Wildman–Crippen LogP) is 1.77. The Morgan fingerprint density at radius 1 is 1.42 bits per heavy atom. The van der Waals surface area contributed by atoms with Gasteiger partial charge in [-0.15, -0.1) is 0 Å². The number of halogens is 1. The Morgan fingerprint density at radius 3 is 2.58 bits per heavy atom. The topological polar surface area (TPSA) is 84.2 Å². The van der Waals surface area contributed by atoms with Crippen molar-refractivity contribution in [3.63, 3.8) is 0 Å². The molecule has 5 nitrogen and oxygen atoms in total. The third-order valence-corrected chi connectivity index (χ3v) is 3.28. The van der Waals surface area contributed by atoms with Gasteiger partial charge in [-0.05, 0) is 31.5 Å². The smallest absolute Gasteiger partial charge is 0.252 e. The van der Waals surface area contributed by atoms with Crippen LogP contribution in [0, 0.1) is 0 Å². The molecule has 0 saturated carbocycles. The van der Waals surface area contributed by atoms with Gasteiger partial charge in [0.15, 0.2) is 0 Å². The van der Waals surface area contributed by atoms with E-state index < -0.39 is 5.54 Å². The molecule has 1 atom stereocenters. The number of carbonyl (C=O) groups is 2. The summed E-state index contributed by atoms with van der Waals surface area (Å²) in [6.07, 6.45) is 0.509. The third kappa shape index (κ3) is 3.68. The standard InChI is InChI=1S/C13H18ClN3O2/c1-4-13(2,15)12(19)17-8-5-6-10(14)9(7-8)11(18)16-3/h5-7H,4,15H2,1-3H3,(H,16,18)(H,17,19). The maximum Gasteiger partial charge on any atom is 0.252 e. The van der Waals surface area contributed by atoms with Gasteiger partial charge in [-0.25, -0.2) is 0 Å². The summed E-state index contributed by atoms with van der Waals surface area (Å²) >= 11 is 5.93. The number of amides is 2. The number of nitrogens with two attached hydrogens (primary N) is 1. The van der Waals surface area contributed by atoms with Crippen molar-refractivity contribution in [3.05, 3.63) is 28.8 Å². The molecule has 2 amide bonds. The van der Waals surface area contributed by atoms with E-state index in [4.69, 9.17) is 17.3 Å². The van der Waals surface area contributed by atoms with Gasteiger partial charge >= 0.3 is 0 Å². The molecule has 0 aliphatic rings. The molecule has 0 saturated heterocycles. The van der Waals surface area contributed by atoms with Crippen molar-refractivity contribution in [2.24, 2.45) is 5.73 Å². The summed E-state index contributed by atoms with van der Waals surface area (Å²) in [7, 11) is 1.51. The maximum absolute atomic E-state index is 11.9. The first-order chi connectivity index (χ1) is 8.81. The van der Waals surface area contributed by atoms with Crippen LogP contribution in [-0.2, 0) is 4.79 Å². The van der Waals surface area contributed by atoms with E-state index in [0.717, 1.165) is 0 Å². The van der Waals surface area contributed by atoms with E-state index in [1.54, 1.807) is 19.1 Å². The summed E-state index contributed by atoms with van der Waals surface area (Å²) in [6, 6.07) is 4.70.